The molecule has 0 heterocycles. The number of nitro groups is 1. The number of rotatable bonds is 3. The molecule has 0 spiro atoms. The maximum absolute atomic E-state index is 12.2. The van der Waals surface area contributed by atoms with E-state index in [2.05, 4.69) is 0 Å². The number of hydrogen-bond acceptors (Lipinski definition) is 3. The summed E-state index contributed by atoms with van der Waals surface area (Å²) in [6.07, 6.45) is -4.37. The molecule has 0 unspecified atom stereocenters. The number of nitrogens with zero attached hydrogens (tertiary/aromatic N) is 1. The molecule has 0 bridgehead atoms. The number of halogens is 3. The molecule has 1 rings (SSSR count). The Labute approximate surface area is 99.5 Å². The monoisotopic (exact) mass is 263 g/mol. The van der Waals surface area contributed by atoms with Crippen molar-refractivity contribution >= 4 is 11.8 Å². The molecule has 92 valence electrons. The van der Waals surface area contributed by atoms with Crippen LogP contribution < -0.4 is 0 Å². The fourth-order valence-electron chi connectivity index (χ4n) is 0.919. The van der Waals surface area contributed by atoms with Gasteiger partial charge in [-0.3, -0.25) is 10.1 Å². The summed E-state index contributed by atoms with van der Waals surface area (Å²) in [5, 5.41) is 11.6. The topological polar surface area (TPSA) is 43.1 Å². The summed E-state index contributed by atoms with van der Waals surface area (Å²) in [6.45, 7) is 1.32. The summed E-state index contributed by atoms with van der Waals surface area (Å²) in [6, 6.07) is 4.43. The molecular formula is C10H8F3NO2S. The van der Waals surface area contributed by atoms with Crippen LogP contribution in [0.4, 0.5) is 13.2 Å². The zero-order valence-corrected chi connectivity index (χ0v) is 9.51. The highest BCUT2D eigenvalue weighted by Gasteiger charge is 2.29. The molecule has 0 N–H and O–H groups in total. The van der Waals surface area contributed by atoms with Crippen LogP contribution in [-0.4, -0.2) is 4.92 Å². The van der Waals surface area contributed by atoms with Gasteiger partial charge < -0.3 is 0 Å². The minimum Gasteiger partial charge on any atom is -0.259 e. The Morgan fingerprint density at radius 2 is 1.88 bits per heavy atom. The van der Waals surface area contributed by atoms with Crippen LogP contribution in [0.25, 0.3) is 0 Å². The first-order chi connectivity index (χ1) is 7.80. The van der Waals surface area contributed by atoms with E-state index in [0.29, 0.717) is 4.90 Å². The van der Waals surface area contributed by atoms with Crippen molar-refractivity contribution in [3.63, 3.8) is 0 Å². The highest BCUT2D eigenvalue weighted by molar-refractivity contribution is 8.02. The van der Waals surface area contributed by atoms with E-state index in [0.717, 1.165) is 23.9 Å². The third-order valence-corrected chi connectivity index (χ3v) is 2.84. The van der Waals surface area contributed by atoms with Gasteiger partial charge in [-0.2, -0.15) is 13.2 Å². The van der Waals surface area contributed by atoms with Gasteiger partial charge in [0.05, 0.1) is 10.5 Å². The zero-order valence-electron chi connectivity index (χ0n) is 8.69. The number of benzene rings is 1. The predicted octanol–water partition coefficient (Wildman–Crippen LogP) is 3.94. The standard InChI is InChI=1S/C10H8F3NO2S/c1-7(14(15)16)6-17-9-4-2-8(3-5-9)10(11,12)13/h2-6H,1H3. The van der Waals surface area contributed by atoms with Gasteiger partial charge in [0, 0.05) is 17.2 Å². The molecule has 0 aromatic heterocycles. The van der Waals surface area contributed by atoms with Gasteiger partial charge in [-0.05, 0) is 24.3 Å². The lowest BCUT2D eigenvalue weighted by molar-refractivity contribution is -0.424. The van der Waals surface area contributed by atoms with Crippen LogP contribution in [0.15, 0.2) is 40.3 Å². The number of hydrogen-bond donors (Lipinski definition) is 0. The van der Waals surface area contributed by atoms with Gasteiger partial charge >= 0.3 is 6.18 Å². The molecule has 0 fully saturated rings. The highest BCUT2D eigenvalue weighted by atomic mass is 32.2. The van der Waals surface area contributed by atoms with Crippen molar-refractivity contribution in [1.29, 1.82) is 0 Å². The van der Waals surface area contributed by atoms with Crippen LogP contribution in [0.5, 0.6) is 0 Å². The zero-order chi connectivity index (χ0) is 13.1. The second-order valence-electron chi connectivity index (χ2n) is 3.16. The lowest BCUT2D eigenvalue weighted by Gasteiger charge is -2.06. The minimum atomic E-state index is -4.37. The van der Waals surface area contributed by atoms with E-state index in [1.165, 1.54) is 24.5 Å². The minimum absolute atomic E-state index is 0.0603. The van der Waals surface area contributed by atoms with Gasteiger partial charge in [0.25, 0.3) is 0 Å². The maximum Gasteiger partial charge on any atom is 0.416 e. The summed E-state index contributed by atoms with van der Waals surface area (Å²) in [5.41, 5.74) is -0.799. The molecule has 0 saturated carbocycles. The third kappa shape index (κ3) is 4.10. The molecule has 0 atom stereocenters. The van der Waals surface area contributed by atoms with Crippen LogP contribution in [0.3, 0.4) is 0 Å². The normalized spacial score (nSPS) is 12.6. The van der Waals surface area contributed by atoms with Crippen LogP contribution in [0.1, 0.15) is 12.5 Å². The van der Waals surface area contributed by atoms with E-state index < -0.39 is 16.7 Å². The summed E-state index contributed by atoms with van der Waals surface area (Å²) in [7, 11) is 0. The Hall–Kier alpha value is -1.50. The molecule has 7 heteroatoms. The lowest BCUT2D eigenvalue weighted by atomic mass is 10.2. The maximum atomic E-state index is 12.2. The molecule has 0 saturated heterocycles. The highest BCUT2D eigenvalue weighted by Crippen LogP contribution is 2.31. The molecule has 1 aromatic carbocycles. The van der Waals surface area contributed by atoms with Gasteiger partial charge in [0.15, 0.2) is 0 Å². The van der Waals surface area contributed by atoms with Crippen LogP contribution in [0.2, 0.25) is 0 Å². The summed E-state index contributed by atoms with van der Waals surface area (Å²) >= 11 is 1.01. The Balaban J connectivity index is 2.76. The number of thioether (sulfide) groups is 1. The van der Waals surface area contributed by atoms with Crippen molar-refractivity contribution < 1.29 is 18.1 Å². The molecular weight excluding hydrogens is 255 g/mol. The quantitative estimate of drug-likeness (QED) is 0.471. The van der Waals surface area contributed by atoms with E-state index in [9.17, 15) is 23.3 Å². The smallest absolute Gasteiger partial charge is 0.259 e. The summed E-state index contributed by atoms with van der Waals surface area (Å²) < 4.78 is 36.7. The van der Waals surface area contributed by atoms with Crippen LogP contribution in [0, 0.1) is 10.1 Å². The van der Waals surface area contributed by atoms with Crippen LogP contribution in [-0.2, 0) is 6.18 Å². The first kappa shape index (κ1) is 13.6. The Morgan fingerprint density at radius 3 is 2.29 bits per heavy atom. The number of alkyl halides is 3. The van der Waals surface area contributed by atoms with Gasteiger partial charge in [0.1, 0.15) is 0 Å². The Kier molecular flexibility index (Phi) is 4.17. The van der Waals surface area contributed by atoms with Crippen molar-refractivity contribution in [2.75, 3.05) is 0 Å². The third-order valence-electron chi connectivity index (χ3n) is 1.84. The van der Waals surface area contributed by atoms with E-state index >= 15 is 0 Å². The van der Waals surface area contributed by atoms with Crippen molar-refractivity contribution in [3.8, 4) is 0 Å². The number of allylic oxidation sites excluding steroid dienone is 1. The van der Waals surface area contributed by atoms with Crippen molar-refractivity contribution in [3.05, 3.63) is 51.0 Å². The van der Waals surface area contributed by atoms with Gasteiger partial charge in [0.2, 0.25) is 5.70 Å². The average Bonchev–Trinajstić information content (AvgIpc) is 2.25. The molecule has 0 aliphatic heterocycles. The summed E-state index contributed by atoms with van der Waals surface area (Å²) in [4.78, 5) is 10.2. The molecule has 0 aliphatic rings. The largest absolute Gasteiger partial charge is 0.416 e. The lowest BCUT2D eigenvalue weighted by Crippen LogP contribution is -2.03. The first-order valence-electron chi connectivity index (χ1n) is 4.46. The van der Waals surface area contributed by atoms with E-state index in [-0.39, 0.29) is 5.70 Å². The second-order valence-corrected chi connectivity index (χ2v) is 4.10. The molecule has 3 nitrogen and oxygen atoms in total. The summed E-state index contributed by atoms with van der Waals surface area (Å²) in [5.74, 6) is 0. The van der Waals surface area contributed by atoms with E-state index in [1.54, 1.807) is 0 Å². The Bertz CT molecular complexity index is 440. The Morgan fingerprint density at radius 1 is 1.35 bits per heavy atom. The molecule has 0 amide bonds. The van der Waals surface area contributed by atoms with Gasteiger partial charge in [-0.1, -0.05) is 11.8 Å². The fourth-order valence-corrected chi connectivity index (χ4v) is 1.60. The van der Waals surface area contributed by atoms with E-state index in [1.807, 2.05) is 0 Å². The van der Waals surface area contributed by atoms with Crippen LogP contribution >= 0.6 is 11.8 Å². The van der Waals surface area contributed by atoms with Crippen molar-refractivity contribution in [2.24, 2.45) is 0 Å². The fraction of sp³-hybridized carbons (Fsp3) is 0.200. The SMILES string of the molecule is CC(=CSc1ccc(C(F)(F)F)cc1)[N+](=O)[O-]. The molecule has 0 aliphatic carbocycles. The van der Waals surface area contributed by atoms with E-state index in [4.69, 9.17) is 0 Å². The predicted molar refractivity (Wildman–Crippen MR) is 58.1 cm³/mol. The van der Waals surface area contributed by atoms with Crippen molar-refractivity contribution in [1.82, 2.24) is 0 Å². The second kappa shape index (κ2) is 5.22. The molecule has 1 aromatic rings. The van der Waals surface area contributed by atoms with Gasteiger partial charge in [-0.25, -0.2) is 0 Å². The average molecular weight is 263 g/mol. The molecule has 17 heavy (non-hydrogen) atoms. The first-order valence-corrected chi connectivity index (χ1v) is 5.34. The van der Waals surface area contributed by atoms with Gasteiger partial charge in [-0.15, -0.1) is 0 Å². The van der Waals surface area contributed by atoms with Crippen molar-refractivity contribution in [2.45, 2.75) is 18.0 Å². The molecule has 0 radical (unpaired) electrons.